The molecule has 0 radical (unpaired) electrons. The number of carboxylic acids is 1. The van der Waals surface area contributed by atoms with Crippen molar-refractivity contribution in [2.24, 2.45) is 5.73 Å². The Balaban J connectivity index is 3.04. The van der Waals surface area contributed by atoms with Gasteiger partial charge in [-0.25, -0.2) is 4.79 Å². The lowest BCUT2D eigenvalue weighted by Gasteiger charge is -2.03. The zero-order chi connectivity index (χ0) is 9.14. The van der Waals surface area contributed by atoms with Crippen molar-refractivity contribution in [2.45, 2.75) is 13.0 Å². The van der Waals surface area contributed by atoms with Crippen molar-refractivity contribution in [3.63, 3.8) is 0 Å². The molecule has 0 aliphatic carbocycles. The van der Waals surface area contributed by atoms with Gasteiger partial charge in [-0.05, 0) is 19.1 Å². The third kappa shape index (κ3) is 1.79. The predicted octanol–water partition coefficient (Wildman–Crippen LogP) is 0.800. The van der Waals surface area contributed by atoms with Crippen LogP contribution in [0.25, 0.3) is 0 Å². The van der Waals surface area contributed by atoms with Gasteiger partial charge in [0.05, 0.1) is 11.3 Å². The summed E-state index contributed by atoms with van der Waals surface area (Å²) in [5.74, 6) is -0.959. The van der Waals surface area contributed by atoms with Crippen molar-refractivity contribution in [1.82, 2.24) is 4.98 Å². The number of carbonyl (C=O) groups is 1. The molecule has 0 saturated heterocycles. The number of nitrogens with two attached hydrogens (primary N) is 1. The molecule has 0 saturated carbocycles. The highest BCUT2D eigenvalue weighted by Crippen LogP contribution is 2.07. The molecule has 3 N–H and O–H groups in total. The van der Waals surface area contributed by atoms with E-state index in [0.717, 1.165) is 0 Å². The molecule has 0 amide bonds. The van der Waals surface area contributed by atoms with E-state index in [1.807, 2.05) is 0 Å². The van der Waals surface area contributed by atoms with Crippen LogP contribution in [0.15, 0.2) is 18.3 Å². The first-order valence-electron chi connectivity index (χ1n) is 3.56. The van der Waals surface area contributed by atoms with Gasteiger partial charge in [0.25, 0.3) is 0 Å². The van der Waals surface area contributed by atoms with Crippen LogP contribution in [0.5, 0.6) is 0 Å². The molecule has 0 spiro atoms. The molecule has 64 valence electrons. The van der Waals surface area contributed by atoms with E-state index >= 15 is 0 Å². The lowest BCUT2D eigenvalue weighted by molar-refractivity contribution is 0.0696. The van der Waals surface area contributed by atoms with Gasteiger partial charge in [0.1, 0.15) is 0 Å². The van der Waals surface area contributed by atoms with Crippen molar-refractivity contribution in [2.75, 3.05) is 0 Å². The highest BCUT2D eigenvalue weighted by molar-refractivity contribution is 5.87. The van der Waals surface area contributed by atoms with Crippen LogP contribution in [0.2, 0.25) is 0 Å². The quantitative estimate of drug-likeness (QED) is 0.681. The van der Waals surface area contributed by atoms with E-state index in [1.165, 1.54) is 18.3 Å². The largest absolute Gasteiger partial charge is 0.478 e. The molecule has 0 aliphatic heterocycles. The smallest absolute Gasteiger partial charge is 0.335 e. The number of aromatic nitrogens is 1. The second-order valence-corrected chi connectivity index (χ2v) is 2.56. The molecule has 1 aromatic rings. The number of carboxylic acid groups (broad SMARTS) is 1. The molecule has 0 unspecified atom stereocenters. The van der Waals surface area contributed by atoms with Crippen LogP contribution in [-0.4, -0.2) is 16.1 Å². The number of pyridine rings is 1. The Morgan fingerprint density at radius 1 is 1.75 bits per heavy atom. The maximum absolute atomic E-state index is 10.5. The third-order valence-electron chi connectivity index (χ3n) is 1.49. The third-order valence-corrected chi connectivity index (χ3v) is 1.49. The number of aromatic carboxylic acids is 1. The van der Waals surface area contributed by atoms with Crippen molar-refractivity contribution in [3.05, 3.63) is 29.6 Å². The molecule has 0 aromatic carbocycles. The van der Waals surface area contributed by atoms with Crippen molar-refractivity contribution in [3.8, 4) is 0 Å². The maximum atomic E-state index is 10.5. The predicted molar refractivity (Wildman–Crippen MR) is 43.8 cm³/mol. The number of nitrogens with zero attached hydrogens (tertiary/aromatic N) is 1. The highest BCUT2D eigenvalue weighted by Gasteiger charge is 2.06. The zero-order valence-corrected chi connectivity index (χ0v) is 6.69. The van der Waals surface area contributed by atoms with Gasteiger partial charge in [-0.3, -0.25) is 4.98 Å². The summed E-state index contributed by atoms with van der Waals surface area (Å²) in [7, 11) is 0. The van der Waals surface area contributed by atoms with Crippen LogP contribution < -0.4 is 5.73 Å². The molecule has 0 bridgehead atoms. The van der Waals surface area contributed by atoms with Gasteiger partial charge in [-0.2, -0.15) is 0 Å². The van der Waals surface area contributed by atoms with Gasteiger partial charge in [-0.15, -0.1) is 0 Å². The molecule has 4 nitrogen and oxygen atoms in total. The number of hydrogen-bond acceptors (Lipinski definition) is 3. The van der Waals surface area contributed by atoms with E-state index < -0.39 is 5.97 Å². The molecular formula is C8H10N2O2. The fourth-order valence-electron chi connectivity index (χ4n) is 0.830. The minimum absolute atomic E-state index is 0.220. The zero-order valence-electron chi connectivity index (χ0n) is 6.69. The lowest BCUT2D eigenvalue weighted by atomic mass is 10.1. The summed E-state index contributed by atoms with van der Waals surface area (Å²) in [6.45, 7) is 1.76. The monoisotopic (exact) mass is 166 g/mol. The van der Waals surface area contributed by atoms with Crippen LogP contribution in [0.3, 0.4) is 0 Å². The highest BCUT2D eigenvalue weighted by atomic mass is 16.4. The summed E-state index contributed by atoms with van der Waals surface area (Å²) in [5, 5.41) is 8.62. The van der Waals surface area contributed by atoms with E-state index in [-0.39, 0.29) is 11.6 Å². The minimum atomic E-state index is -0.959. The standard InChI is InChI=1S/C8H10N2O2/c1-5(9)7-4-6(8(11)12)2-3-10-7/h2-5H,9H2,1H3,(H,11,12)/t5-/m0/s1. The summed E-state index contributed by atoms with van der Waals surface area (Å²) in [6.07, 6.45) is 1.45. The molecule has 1 aromatic heterocycles. The summed E-state index contributed by atoms with van der Waals surface area (Å²) in [6, 6.07) is 2.69. The van der Waals surface area contributed by atoms with Crippen LogP contribution in [-0.2, 0) is 0 Å². The summed E-state index contributed by atoms with van der Waals surface area (Å²) in [5.41, 5.74) is 6.34. The Hall–Kier alpha value is -1.42. The molecule has 1 rings (SSSR count). The van der Waals surface area contributed by atoms with Gasteiger partial charge < -0.3 is 10.8 Å². The molecule has 1 atom stereocenters. The first-order valence-corrected chi connectivity index (χ1v) is 3.56. The normalized spacial score (nSPS) is 12.5. The van der Waals surface area contributed by atoms with Gasteiger partial charge in [0, 0.05) is 12.2 Å². The Kier molecular flexibility index (Phi) is 2.40. The Morgan fingerprint density at radius 2 is 2.42 bits per heavy atom. The number of rotatable bonds is 2. The van der Waals surface area contributed by atoms with E-state index in [4.69, 9.17) is 10.8 Å². The summed E-state index contributed by atoms with van der Waals surface area (Å²) < 4.78 is 0. The van der Waals surface area contributed by atoms with Gasteiger partial charge in [-0.1, -0.05) is 0 Å². The lowest BCUT2D eigenvalue weighted by Crippen LogP contribution is -2.08. The average Bonchev–Trinajstić information content (AvgIpc) is 2.04. The van der Waals surface area contributed by atoms with E-state index in [9.17, 15) is 4.79 Å². The molecule has 12 heavy (non-hydrogen) atoms. The fourth-order valence-corrected chi connectivity index (χ4v) is 0.830. The molecule has 0 fully saturated rings. The van der Waals surface area contributed by atoms with E-state index in [0.29, 0.717) is 5.69 Å². The maximum Gasteiger partial charge on any atom is 0.335 e. The Labute approximate surface area is 70.0 Å². The van der Waals surface area contributed by atoms with Crippen molar-refractivity contribution in [1.29, 1.82) is 0 Å². The molecule has 0 aliphatic rings. The minimum Gasteiger partial charge on any atom is -0.478 e. The van der Waals surface area contributed by atoms with Crippen LogP contribution in [0, 0.1) is 0 Å². The Morgan fingerprint density at radius 3 is 2.92 bits per heavy atom. The first kappa shape index (κ1) is 8.67. The van der Waals surface area contributed by atoms with E-state index in [2.05, 4.69) is 4.98 Å². The molecule has 1 heterocycles. The van der Waals surface area contributed by atoms with Gasteiger partial charge >= 0.3 is 5.97 Å². The van der Waals surface area contributed by atoms with E-state index in [1.54, 1.807) is 6.92 Å². The van der Waals surface area contributed by atoms with Crippen LogP contribution >= 0.6 is 0 Å². The summed E-state index contributed by atoms with van der Waals surface area (Å²) >= 11 is 0. The summed E-state index contributed by atoms with van der Waals surface area (Å²) in [4.78, 5) is 14.4. The van der Waals surface area contributed by atoms with Gasteiger partial charge in [0.2, 0.25) is 0 Å². The van der Waals surface area contributed by atoms with Gasteiger partial charge in [0.15, 0.2) is 0 Å². The topological polar surface area (TPSA) is 76.2 Å². The van der Waals surface area contributed by atoms with Crippen molar-refractivity contribution < 1.29 is 9.90 Å². The van der Waals surface area contributed by atoms with Crippen molar-refractivity contribution >= 4 is 5.97 Å². The first-order chi connectivity index (χ1) is 5.61. The second kappa shape index (κ2) is 3.32. The van der Waals surface area contributed by atoms with Crippen LogP contribution in [0.1, 0.15) is 29.0 Å². The fraction of sp³-hybridized carbons (Fsp3) is 0.250. The van der Waals surface area contributed by atoms with Crippen LogP contribution in [0.4, 0.5) is 0 Å². The molecule has 4 heteroatoms. The SMILES string of the molecule is C[C@H](N)c1cc(C(=O)O)ccn1. The second-order valence-electron chi connectivity index (χ2n) is 2.56. The average molecular weight is 166 g/mol. The number of hydrogen-bond donors (Lipinski definition) is 2. The Bertz CT molecular complexity index is 297. The molecular weight excluding hydrogens is 156 g/mol.